The molecule has 0 heterocycles. The number of carbonyl (C=O) groups is 2. The molecule has 3 aromatic rings. The number of benzene rings is 3. The quantitative estimate of drug-likeness (QED) is 0.450. The summed E-state index contributed by atoms with van der Waals surface area (Å²) in [4.78, 5) is 28.9. The maximum Gasteiger partial charge on any atom is 0.243 e. The minimum Gasteiger partial charge on any atom is -0.350 e. The normalized spacial score (nSPS) is 12.1. The summed E-state index contributed by atoms with van der Waals surface area (Å²) in [6, 6.07) is 24.5. The number of hydrogen-bond acceptors (Lipinski definition) is 2. The van der Waals surface area contributed by atoms with Crippen LogP contribution in [0.2, 0.25) is 5.02 Å². The van der Waals surface area contributed by atoms with Crippen molar-refractivity contribution in [3.63, 3.8) is 0 Å². The maximum absolute atomic E-state index is 13.7. The number of amides is 2. The van der Waals surface area contributed by atoms with Gasteiger partial charge in [0.15, 0.2) is 0 Å². The van der Waals surface area contributed by atoms with Crippen molar-refractivity contribution in [2.24, 2.45) is 0 Å². The zero-order valence-electron chi connectivity index (χ0n) is 20.3. The topological polar surface area (TPSA) is 49.4 Å². The molecule has 34 heavy (non-hydrogen) atoms. The summed E-state index contributed by atoms with van der Waals surface area (Å²) in [5.74, 6) is -0.297. The third-order valence-electron chi connectivity index (χ3n) is 5.54. The van der Waals surface area contributed by atoms with E-state index in [1.807, 2.05) is 100 Å². The highest BCUT2D eigenvalue weighted by molar-refractivity contribution is 6.31. The summed E-state index contributed by atoms with van der Waals surface area (Å²) in [5.41, 5.74) is 3.42. The number of nitrogens with zero attached hydrogens (tertiary/aromatic N) is 1. The molecule has 3 rings (SSSR count). The van der Waals surface area contributed by atoms with Crippen LogP contribution in [0.15, 0.2) is 78.9 Å². The van der Waals surface area contributed by atoms with Gasteiger partial charge in [0.25, 0.3) is 0 Å². The molecule has 0 spiro atoms. The molecule has 178 valence electrons. The van der Waals surface area contributed by atoms with E-state index in [9.17, 15) is 9.59 Å². The smallest absolute Gasteiger partial charge is 0.243 e. The number of carbonyl (C=O) groups excluding carboxylic acids is 2. The molecule has 1 atom stereocenters. The van der Waals surface area contributed by atoms with Crippen LogP contribution < -0.4 is 5.32 Å². The van der Waals surface area contributed by atoms with Crippen molar-refractivity contribution in [1.82, 2.24) is 10.2 Å². The van der Waals surface area contributed by atoms with Crippen molar-refractivity contribution < 1.29 is 9.59 Å². The SMILES string of the molecule is Cc1ccc(CC(=O)N(Cc2ccccc2Cl)[C@H](Cc2ccccc2)C(=O)NC(C)(C)C)cc1. The van der Waals surface area contributed by atoms with Gasteiger partial charge in [-0.25, -0.2) is 0 Å². The van der Waals surface area contributed by atoms with Crippen LogP contribution in [0, 0.1) is 6.92 Å². The van der Waals surface area contributed by atoms with Crippen LogP contribution in [-0.2, 0) is 29.0 Å². The van der Waals surface area contributed by atoms with Gasteiger partial charge in [-0.1, -0.05) is 90.0 Å². The molecule has 0 fully saturated rings. The molecule has 0 aliphatic carbocycles. The van der Waals surface area contributed by atoms with Crippen molar-refractivity contribution in [2.45, 2.75) is 58.7 Å². The van der Waals surface area contributed by atoms with Gasteiger partial charge >= 0.3 is 0 Å². The zero-order valence-corrected chi connectivity index (χ0v) is 21.1. The first-order valence-electron chi connectivity index (χ1n) is 11.6. The van der Waals surface area contributed by atoms with Gasteiger partial charge in [-0.3, -0.25) is 9.59 Å². The molecule has 0 radical (unpaired) electrons. The lowest BCUT2D eigenvalue weighted by molar-refractivity contribution is -0.141. The predicted octanol–water partition coefficient (Wildman–Crippen LogP) is 5.75. The van der Waals surface area contributed by atoms with Crippen LogP contribution in [0.5, 0.6) is 0 Å². The Balaban J connectivity index is 1.99. The Morgan fingerprint density at radius 1 is 0.882 bits per heavy atom. The number of rotatable bonds is 8. The van der Waals surface area contributed by atoms with Crippen LogP contribution in [0.3, 0.4) is 0 Å². The molecule has 3 aromatic carbocycles. The van der Waals surface area contributed by atoms with Gasteiger partial charge in [-0.2, -0.15) is 0 Å². The molecular weight excluding hydrogens is 444 g/mol. The highest BCUT2D eigenvalue weighted by Crippen LogP contribution is 2.22. The summed E-state index contributed by atoms with van der Waals surface area (Å²) >= 11 is 6.46. The van der Waals surface area contributed by atoms with E-state index < -0.39 is 11.6 Å². The molecule has 2 amide bonds. The summed E-state index contributed by atoms with van der Waals surface area (Å²) in [6.45, 7) is 8.09. The second kappa shape index (κ2) is 11.3. The largest absolute Gasteiger partial charge is 0.350 e. The Labute approximate surface area is 207 Å². The Morgan fingerprint density at radius 3 is 2.12 bits per heavy atom. The molecule has 0 bridgehead atoms. The van der Waals surface area contributed by atoms with Gasteiger partial charge in [0.1, 0.15) is 6.04 Å². The molecule has 0 aliphatic rings. The van der Waals surface area contributed by atoms with Gasteiger partial charge in [0, 0.05) is 23.5 Å². The third-order valence-corrected chi connectivity index (χ3v) is 5.91. The summed E-state index contributed by atoms with van der Waals surface area (Å²) in [7, 11) is 0. The molecule has 0 saturated heterocycles. The van der Waals surface area contributed by atoms with Crippen LogP contribution in [0.25, 0.3) is 0 Å². The van der Waals surface area contributed by atoms with E-state index in [0.29, 0.717) is 11.4 Å². The summed E-state index contributed by atoms with van der Waals surface area (Å²) in [5, 5.41) is 3.66. The molecule has 0 aliphatic heterocycles. The molecule has 0 unspecified atom stereocenters. The lowest BCUT2D eigenvalue weighted by Gasteiger charge is -2.34. The molecule has 1 N–H and O–H groups in total. The van der Waals surface area contributed by atoms with Gasteiger partial charge < -0.3 is 10.2 Å². The Morgan fingerprint density at radius 2 is 1.50 bits per heavy atom. The lowest BCUT2D eigenvalue weighted by Crippen LogP contribution is -2.54. The maximum atomic E-state index is 13.7. The zero-order chi connectivity index (χ0) is 24.7. The van der Waals surface area contributed by atoms with Crippen molar-refractivity contribution >= 4 is 23.4 Å². The van der Waals surface area contributed by atoms with E-state index in [4.69, 9.17) is 11.6 Å². The third kappa shape index (κ3) is 7.46. The van der Waals surface area contributed by atoms with Crippen molar-refractivity contribution in [2.75, 3.05) is 0 Å². The second-order valence-electron chi connectivity index (χ2n) is 9.72. The van der Waals surface area contributed by atoms with Gasteiger partial charge in [0.05, 0.1) is 6.42 Å². The monoisotopic (exact) mass is 476 g/mol. The lowest BCUT2D eigenvalue weighted by atomic mass is 9.99. The number of nitrogens with one attached hydrogen (secondary N) is 1. The van der Waals surface area contributed by atoms with E-state index in [-0.39, 0.29) is 24.8 Å². The van der Waals surface area contributed by atoms with Gasteiger partial charge in [-0.05, 0) is 50.5 Å². The van der Waals surface area contributed by atoms with E-state index in [0.717, 1.165) is 22.3 Å². The summed E-state index contributed by atoms with van der Waals surface area (Å²) in [6.07, 6.45) is 0.617. The Kier molecular flexibility index (Phi) is 8.51. The van der Waals surface area contributed by atoms with E-state index in [1.165, 1.54) is 0 Å². The highest BCUT2D eigenvalue weighted by atomic mass is 35.5. The molecule has 4 nitrogen and oxygen atoms in total. The molecule has 0 aromatic heterocycles. The number of hydrogen-bond donors (Lipinski definition) is 1. The molecule has 0 saturated carbocycles. The minimum atomic E-state index is -0.684. The van der Waals surface area contributed by atoms with Crippen LogP contribution >= 0.6 is 11.6 Å². The van der Waals surface area contributed by atoms with Gasteiger partial charge in [-0.15, -0.1) is 0 Å². The predicted molar refractivity (Wildman–Crippen MR) is 139 cm³/mol. The fourth-order valence-electron chi connectivity index (χ4n) is 3.80. The number of halogens is 1. The van der Waals surface area contributed by atoms with Crippen molar-refractivity contribution in [3.05, 3.63) is 106 Å². The van der Waals surface area contributed by atoms with Crippen LogP contribution in [0.1, 0.15) is 43.0 Å². The van der Waals surface area contributed by atoms with Crippen molar-refractivity contribution in [3.8, 4) is 0 Å². The fraction of sp³-hybridized carbons (Fsp3) is 0.310. The standard InChI is InChI=1S/C29H33ClN2O2/c1-21-14-16-23(17-15-21)19-27(33)32(20-24-12-8-9-13-25(24)30)26(28(34)31-29(2,3)4)18-22-10-6-5-7-11-22/h5-17,26H,18-20H2,1-4H3,(H,31,34)/t26-/m1/s1. The molecular formula is C29H33ClN2O2. The summed E-state index contributed by atoms with van der Waals surface area (Å²) < 4.78 is 0. The first-order valence-corrected chi connectivity index (χ1v) is 11.9. The van der Waals surface area contributed by atoms with Crippen molar-refractivity contribution in [1.29, 1.82) is 0 Å². The fourth-order valence-corrected chi connectivity index (χ4v) is 3.99. The number of aryl methyl sites for hydroxylation is 1. The van der Waals surface area contributed by atoms with Crippen LogP contribution in [-0.4, -0.2) is 28.3 Å². The van der Waals surface area contributed by atoms with E-state index >= 15 is 0 Å². The van der Waals surface area contributed by atoms with Gasteiger partial charge in [0.2, 0.25) is 11.8 Å². The van der Waals surface area contributed by atoms with Crippen LogP contribution in [0.4, 0.5) is 0 Å². The average molecular weight is 477 g/mol. The Bertz CT molecular complexity index is 1100. The highest BCUT2D eigenvalue weighted by Gasteiger charge is 2.32. The minimum absolute atomic E-state index is 0.117. The molecule has 5 heteroatoms. The first-order chi connectivity index (χ1) is 16.1. The Hall–Kier alpha value is -3.11. The first kappa shape index (κ1) is 25.5. The second-order valence-corrected chi connectivity index (χ2v) is 10.1. The average Bonchev–Trinajstić information content (AvgIpc) is 2.78. The van der Waals surface area contributed by atoms with E-state index in [1.54, 1.807) is 11.0 Å². The van der Waals surface area contributed by atoms with E-state index in [2.05, 4.69) is 5.32 Å².